The zero-order chi connectivity index (χ0) is 13.8. The number of aromatic nitrogens is 1. The van der Waals surface area contributed by atoms with Crippen LogP contribution in [-0.2, 0) is 4.74 Å². The van der Waals surface area contributed by atoms with Crippen molar-refractivity contribution in [2.75, 3.05) is 13.7 Å². The summed E-state index contributed by atoms with van der Waals surface area (Å²) in [5, 5.41) is 10.9. The molecule has 0 unspecified atom stereocenters. The second-order valence-corrected chi connectivity index (χ2v) is 4.66. The van der Waals surface area contributed by atoms with Gasteiger partial charge in [-0.1, -0.05) is 11.6 Å². The molecule has 0 aliphatic heterocycles. The van der Waals surface area contributed by atoms with Crippen molar-refractivity contribution in [3.8, 4) is 5.88 Å². The summed E-state index contributed by atoms with van der Waals surface area (Å²) >= 11 is 5.68. The molecular formula is C11H15ClN2O4. The summed E-state index contributed by atoms with van der Waals surface area (Å²) in [6.07, 6.45) is 0.578. The van der Waals surface area contributed by atoms with Gasteiger partial charge < -0.3 is 9.47 Å². The standard InChI is InChI=1S/C11H15ClN2O4/c1-11(2,17-3)6-7-18-10-8(14(15)16)4-5-9(12)13-10/h4-5H,6-7H2,1-3H3. The minimum Gasteiger partial charge on any atom is -0.473 e. The molecule has 0 aliphatic rings. The average molecular weight is 275 g/mol. The van der Waals surface area contributed by atoms with E-state index in [-0.39, 0.29) is 28.9 Å². The Morgan fingerprint density at radius 3 is 2.72 bits per heavy atom. The van der Waals surface area contributed by atoms with Gasteiger partial charge in [0.15, 0.2) is 0 Å². The summed E-state index contributed by atoms with van der Waals surface area (Å²) in [6, 6.07) is 2.62. The van der Waals surface area contributed by atoms with Gasteiger partial charge in [-0.05, 0) is 19.9 Å². The maximum Gasteiger partial charge on any atom is 0.331 e. The third kappa shape index (κ3) is 4.12. The van der Waals surface area contributed by atoms with Gasteiger partial charge in [0.1, 0.15) is 5.15 Å². The van der Waals surface area contributed by atoms with E-state index in [0.717, 1.165) is 0 Å². The Hall–Kier alpha value is -1.40. The number of nitro groups is 1. The van der Waals surface area contributed by atoms with Crippen LogP contribution in [-0.4, -0.2) is 29.2 Å². The Bertz CT molecular complexity index is 437. The molecule has 0 aromatic carbocycles. The monoisotopic (exact) mass is 274 g/mol. The number of halogens is 1. The molecule has 0 N–H and O–H groups in total. The smallest absolute Gasteiger partial charge is 0.331 e. The van der Waals surface area contributed by atoms with Crippen molar-refractivity contribution in [2.45, 2.75) is 25.9 Å². The highest BCUT2D eigenvalue weighted by atomic mass is 35.5. The molecule has 0 bridgehead atoms. The number of hydrogen-bond acceptors (Lipinski definition) is 5. The fourth-order valence-electron chi connectivity index (χ4n) is 1.15. The zero-order valence-electron chi connectivity index (χ0n) is 10.5. The second kappa shape index (κ2) is 5.97. The summed E-state index contributed by atoms with van der Waals surface area (Å²) in [6.45, 7) is 4.06. The van der Waals surface area contributed by atoms with Gasteiger partial charge in [-0.2, -0.15) is 4.98 Å². The lowest BCUT2D eigenvalue weighted by Crippen LogP contribution is -2.25. The molecule has 1 heterocycles. The minimum atomic E-state index is -0.555. The van der Waals surface area contributed by atoms with E-state index in [1.165, 1.54) is 12.1 Å². The first kappa shape index (κ1) is 14.7. The van der Waals surface area contributed by atoms with Crippen LogP contribution in [0.25, 0.3) is 0 Å². The topological polar surface area (TPSA) is 74.5 Å². The van der Waals surface area contributed by atoms with Crippen molar-refractivity contribution in [1.29, 1.82) is 0 Å². The third-order valence-electron chi connectivity index (χ3n) is 2.50. The highest BCUT2D eigenvalue weighted by Crippen LogP contribution is 2.26. The lowest BCUT2D eigenvalue weighted by atomic mass is 10.1. The Labute approximate surface area is 110 Å². The van der Waals surface area contributed by atoms with Gasteiger partial charge in [-0.3, -0.25) is 10.1 Å². The molecule has 100 valence electrons. The van der Waals surface area contributed by atoms with Crippen molar-refractivity contribution in [2.24, 2.45) is 0 Å². The van der Waals surface area contributed by atoms with Gasteiger partial charge in [0.05, 0.1) is 17.1 Å². The highest BCUT2D eigenvalue weighted by molar-refractivity contribution is 6.29. The van der Waals surface area contributed by atoms with Gasteiger partial charge in [0.25, 0.3) is 5.88 Å². The Kier molecular flexibility index (Phi) is 4.86. The van der Waals surface area contributed by atoms with Crippen LogP contribution in [0, 0.1) is 10.1 Å². The van der Waals surface area contributed by atoms with E-state index in [0.29, 0.717) is 6.42 Å². The molecular weight excluding hydrogens is 260 g/mol. The molecule has 7 heteroatoms. The summed E-state index contributed by atoms with van der Waals surface area (Å²) in [5.74, 6) is -0.0700. The summed E-state index contributed by atoms with van der Waals surface area (Å²) in [4.78, 5) is 14.0. The maximum atomic E-state index is 10.8. The van der Waals surface area contributed by atoms with E-state index in [9.17, 15) is 10.1 Å². The van der Waals surface area contributed by atoms with Crippen molar-refractivity contribution >= 4 is 17.3 Å². The fraction of sp³-hybridized carbons (Fsp3) is 0.545. The van der Waals surface area contributed by atoms with Crippen LogP contribution in [0.1, 0.15) is 20.3 Å². The number of rotatable bonds is 6. The van der Waals surface area contributed by atoms with Crippen LogP contribution in [0.5, 0.6) is 5.88 Å². The SMILES string of the molecule is COC(C)(C)CCOc1nc(Cl)ccc1[N+](=O)[O-]. The lowest BCUT2D eigenvalue weighted by molar-refractivity contribution is -0.386. The van der Waals surface area contributed by atoms with Crippen molar-refractivity contribution in [3.63, 3.8) is 0 Å². The van der Waals surface area contributed by atoms with Gasteiger partial charge >= 0.3 is 5.69 Å². The fourth-order valence-corrected chi connectivity index (χ4v) is 1.29. The average Bonchev–Trinajstić information content (AvgIpc) is 2.28. The van der Waals surface area contributed by atoms with E-state index in [1.54, 1.807) is 7.11 Å². The van der Waals surface area contributed by atoms with Gasteiger partial charge in [-0.25, -0.2) is 0 Å². The first-order valence-corrected chi connectivity index (χ1v) is 5.72. The summed E-state index contributed by atoms with van der Waals surface area (Å²) in [5.41, 5.74) is -0.553. The number of nitrogens with zero attached hydrogens (tertiary/aromatic N) is 2. The predicted octanol–water partition coefficient (Wildman–Crippen LogP) is 2.84. The lowest BCUT2D eigenvalue weighted by Gasteiger charge is -2.22. The molecule has 0 amide bonds. The number of hydrogen-bond donors (Lipinski definition) is 0. The molecule has 0 atom stereocenters. The molecule has 1 aromatic rings. The van der Waals surface area contributed by atoms with Crippen LogP contribution < -0.4 is 4.74 Å². The van der Waals surface area contributed by atoms with Crippen molar-refractivity contribution < 1.29 is 14.4 Å². The van der Waals surface area contributed by atoms with Crippen molar-refractivity contribution in [3.05, 3.63) is 27.4 Å². The molecule has 18 heavy (non-hydrogen) atoms. The third-order valence-corrected chi connectivity index (χ3v) is 2.71. The van der Waals surface area contributed by atoms with Crippen molar-refractivity contribution in [1.82, 2.24) is 4.98 Å². The largest absolute Gasteiger partial charge is 0.473 e. The predicted molar refractivity (Wildman–Crippen MR) is 67.1 cm³/mol. The quantitative estimate of drug-likeness (QED) is 0.453. The Morgan fingerprint density at radius 1 is 1.50 bits per heavy atom. The van der Waals surface area contributed by atoms with Gasteiger partial charge in [-0.15, -0.1) is 0 Å². The normalized spacial score (nSPS) is 11.3. The van der Waals surface area contributed by atoms with E-state index >= 15 is 0 Å². The highest BCUT2D eigenvalue weighted by Gasteiger charge is 2.20. The van der Waals surface area contributed by atoms with Crippen LogP contribution in [0.15, 0.2) is 12.1 Å². The number of ether oxygens (including phenoxy) is 2. The zero-order valence-corrected chi connectivity index (χ0v) is 11.2. The molecule has 0 radical (unpaired) electrons. The molecule has 0 fully saturated rings. The van der Waals surface area contributed by atoms with E-state index in [2.05, 4.69) is 4.98 Å². The summed E-state index contributed by atoms with van der Waals surface area (Å²) < 4.78 is 10.5. The van der Waals surface area contributed by atoms with Crippen LogP contribution in [0.2, 0.25) is 5.15 Å². The molecule has 0 aliphatic carbocycles. The second-order valence-electron chi connectivity index (χ2n) is 4.28. The van der Waals surface area contributed by atoms with E-state index in [1.807, 2.05) is 13.8 Å². The van der Waals surface area contributed by atoms with Crippen LogP contribution in [0.4, 0.5) is 5.69 Å². The van der Waals surface area contributed by atoms with Gasteiger partial charge in [0, 0.05) is 19.6 Å². The number of pyridine rings is 1. The van der Waals surface area contributed by atoms with Gasteiger partial charge in [0.2, 0.25) is 0 Å². The Morgan fingerprint density at radius 2 is 2.17 bits per heavy atom. The molecule has 1 rings (SSSR count). The molecule has 0 saturated carbocycles. The summed E-state index contributed by atoms with van der Waals surface area (Å²) in [7, 11) is 1.60. The van der Waals surface area contributed by atoms with E-state index in [4.69, 9.17) is 21.1 Å². The molecule has 0 saturated heterocycles. The maximum absolute atomic E-state index is 10.8. The first-order chi connectivity index (χ1) is 8.35. The first-order valence-electron chi connectivity index (χ1n) is 5.34. The molecule has 6 nitrogen and oxygen atoms in total. The Balaban J connectivity index is 2.72. The minimum absolute atomic E-state index is 0.0700. The molecule has 1 aromatic heterocycles. The van der Waals surface area contributed by atoms with Crippen LogP contribution >= 0.6 is 11.6 Å². The van der Waals surface area contributed by atoms with Crippen LogP contribution in [0.3, 0.4) is 0 Å². The number of methoxy groups -OCH3 is 1. The van der Waals surface area contributed by atoms with E-state index < -0.39 is 4.92 Å². The molecule has 0 spiro atoms.